The van der Waals surface area contributed by atoms with E-state index in [2.05, 4.69) is 4.72 Å². The Labute approximate surface area is 178 Å². The molecule has 1 amide bonds. The Morgan fingerprint density at radius 1 is 1.21 bits per heavy atom. The molecule has 0 bridgehead atoms. The normalized spacial score (nSPS) is 18.2. The highest BCUT2D eigenvalue weighted by atomic mass is 35.5. The zero-order valence-corrected chi connectivity index (χ0v) is 19.3. The van der Waals surface area contributed by atoms with Gasteiger partial charge in [-0.05, 0) is 37.5 Å². The van der Waals surface area contributed by atoms with E-state index < -0.39 is 20.0 Å². The SMILES string of the molecule is CCN(CC)S(=O)(=O)c1cc(C(=O)N2CCCCC2CNS(C)(=O)=O)ccc1Cl. The van der Waals surface area contributed by atoms with Gasteiger partial charge in [-0.15, -0.1) is 0 Å². The molecule has 0 aromatic heterocycles. The molecule has 1 heterocycles. The van der Waals surface area contributed by atoms with E-state index >= 15 is 0 Å². The van der Waals surface area contributed by atoms with Crippen LogP contribution in [0.5, 0.6) is 0 Å². The van der Waals surface area contributed by atoms with Crippen LogP contribution in [0.3, 0.4) is 0 Å². The summed E-state index contributed by atoms with van der Waals surface area (Å²) < 4.78 is 52.4. The highest BCUT2D eigenvalue weighted by Crippen LogP contribution is 2.27. The molecule has 1 atom stereocenters. The summed E-state index contributed by atoms with van der Waals surface area (Å²) in [6.45, 7) is 4.66. The van der Waals surface area contributed by atoms with Crippen LogP contribution in [0.4, 0.5) is 0 Å². The van der Waals surface area contributed by atoms with Crippen molar-refractivity contribution in [3.8, 4) is 0 Å². The number of nitrogens with one attached hydrogen (secondary N) is 1. The summed E-state index contributed by atoms with van der Waals surface area (Å²) in [4.78, 5) is 14.6. The molecule has 1 saturated heterocycles. The predicted molar refractivity (Wildman–Crippen MR) is 113 cm³/mol. The van der Waals surface area contributed by atoms with Crippen molar-refractivity contribution < 1.29 is 21.6 Å². The van der Waals surface area contributed by atoms with Crippen molar-refractivity contribution in [2.75, 3.05) is 32.4 Å². The average Bonchev–Trinajstić information content (AvgIpc) is 2.66. The van der Waals surface area contributed by atoms with Crippen molar-refractivity contribution in [2.24, 2.45) is 0 Å². The number of sulfonamides is 2. The van der Waals surface area contributed by atoms with Gasteiger partial charge in [0, 0.05) is 37.8 Å². The average molecular weight is 466 g/mol. The van der Waals surface area contributed by atoms with Crippen LogP contribution >= 0.6 is 11.6 Å². The van der Waals surface area contributed by atoms with Gasteiger partial charge in [-0.2, -0.15) is 4.31 Å². The van der Waals surface area contributed by atoms with Crippen molar-refractivity contribution in [2.45, 2.75) is 44.0 Å². The molecular weight excluding hydrogens is 438 g/mol. The fraction of sp³-hybridized carbons (Fsp3) is 0.611. The van der Waals surface area contributed by atoms with Crippen LogP contribution in [-0.2, 0) is 20.0 Å². The Bertz CT molecular complexity index is 946. The van der Waals surface area contributed by atoms with Crippen LogP contribution in [-0.4, -0.2) is 70.4 Å². The third-order valence-corrected chi connectivity index (χ3v) is 8.19. The molecule has 1 unspecified atom stereocenters. The standard InChI is InChI=1S/C18H28ClN3O5S2/c1-4-21(5-2)29(26,27)17-12-14(9-10-16(17)19)18(23)22-11-7-6-8-15(22)13-20-28(3,24)25/h9-10,12,15,20H,4-8,11,13H2,1-3H3. The molecule has 1 aromatic carbocycles. The molecule has 1 aliphatic rings. The quantitative estimate of drug-likeness (QED) is 0.631. The van der Waals surface area contributed by atoms with Gasteiger partial charge in [0.05, 0.1) is 11.3 Å². The first-order valence-electron chi connectivity index (χ1n) is 9.56. The third-order valence-electron chi connectivity index (χ3n) is 4.97. The highest BCUT2D eigenvalue weighted by molar-refractivity contribution is 7.89. The number of carbonyl (C=O) groups excluding carboxylic acids is 1. The minimum atomic E-state index is -3.82. The number of benzene rings is 1. The van der Waals surface area contributed by atoms with E-state index in [1.54, 1.807) is 18.7 Å². The van der Waals surface area contributed by atoms with Crippen LogP contribution in [0.25, 0.3) is 0 Å². The summed E-state index contributed by atoms with van der Waals surface area (Å²) in [5, 5.41) is 0.0578. The molecule has 0 aliphatic carbocycles. The summed E-state index contributed by atoms with van der Waals surface area (Å²) in [6, 6.07) is 3.94. The van der Waals surface area contributed by atoms with Crippen LogP contribution in [0.1, 0.15) is 43.5 Å². The Kier molecular flexibility index (Phi) is 8.08. The second kappa shape index (κ2) is 9.74. The number of amides is 1. The number of piperidine rings is 1. The number of nitrogens with zero attached hydrogens (tertiary/aromatic N) is 2. The minimum Gasteiger partial charge on any atom is -0.334 e. The van der Waals surface area contributed by atoms with Crippen molar-refractivity contribution in [3.63, 3.8) is 0 Å². The van der Waals surface area contributed by atoms with Crippen LogP contribution in [0, 0.1) is 0 Å². The van der Waals surface area contributed by atoms with Crippen molar-refractivity contribution >= 4 is 37.6 Å². The van der Waals surface area contributed by atoms with Gasteiger partial charge in [0.2, 0.25) is 20.0 Å². The largest absolute Gasteiger partial charge is 0.334 e. The first-order chi connectivity index (χ1) is 13.5. The molecule has 2 rings (SSSR count). The van der Waals surface area contributed by atoms with Crippen LogP contribution in [0.15, 0.2) is 23.1 Å². The lowest BCUT2D eigenvalue weighted by Gasteiger charge is -2.36. The van der Waals surface area contributed by atoms with Gasteiger partial charge in [0.15, 0.2) is 0 Å². The fourth-order valence-corrected chi connectivity index (χ4v) is 5.88. The highest BCUT2D eigenvalue weighted by Gasteiger charge is 2.30. The molecule has 1 fully saturated rings. The molecule has 11 heteroatoms. The predicted octanol–water partition coefficient (Wildman–Crippen LogP) is 1.91. The van der Waals surface area contributed by atoms with E-state index in [0.29, 0.717) is 26.1 Å². The first kappa shape index (κ1) is 24.1. The fourth-order valence-electron chi connectivity index (χ4n) is 3.43. The van der Waals surface area contributed by atoms with Crippen molar-refractivity contribution in [3.05, 3.63) is 28.8 Å². The monoisotopic (exact) mass is 465 g/mol. The molecule has 1 aliphatic heterocycles. The molecule has 0 radical (unpaired) electrons. The van der Waals surface area contributed by atoms with E-state index in [-0.39, 0.29) is 34.0 Å². The van der Waals surface area contributed by atoms with Gasteiger partial charge in [-0.1, -0.05) is 25.4 Å². The summed E-state index contributed by atoms with van der Waals surface area (Å²) in [6.07, 6.45) is 3.44. The van der Waals surface area contributed by atoms with Gasteiger partial charge < -0.3 is 4.90 Å². The Balaban J connectivity index is 2.34. The van der Waals surface area contributed by atoms with E-state index in [1.165, 1.54) is 22.5 Å². The molecule has 164 valence electrons. The summed E-state index contributed by atoms with van der Waals surface area (Å²) >= 11 is 6.15. The van der Waals surface area contributed by atoms with Crippen molar-refractivity contribution in [1.82, 2.24) is 13.9 Å². The maximum absolute atomic E-state index is 13.1. The summed E-state index contributed by atoms with van der Waals surface area (Å²) in [5.41, 5.74) is 0.214. The number of hydrogen-bond acceptors (Lipinski definition) is 5. The minimum absolute atomic E-state index is 0.0578. The molecule has 29 heavy (non-hydrogen) atoms. The second-order valence-corrected chi connectivity index (χ2v) is 11.1. The first-order valence-corrected chi connectivity index (χ1v) is 13.3. The number of likely N-dealkylation sites (tertiary alicyclic amines) is 1. The van der Waals surface area contributed by atoms with Crippen molar-refractivity contribution in [1.29, 1.82) is 0 Å². The lowest BCUT2D eigenvalue weighted by Crippen LogP contribution is -2.49. The zero-order valence-electron chi connectivity index (χ0n) is 16.9. The summed E-state index contributed by atoms with van der Waals surface area (Å²) in [7, 11) is -7.20. The Hall–Kier alpha value is -1.20. The number of rotatable bonds is 8. The summed E-state index contributed by atoms with van der Waals surface area (Å²) in [5.74, 6) is -0.335. The molecule has 0 spiro atoms. The van der Waals surface area contributed by atoms with Crippen LogP contribution in [0.2, 0.25) is 5.02 Å². The topological polar surface area (TPSA) is 104 Å². The van der Waals surface area contributed by atoms with E-state index in [0.717, 1.165) is 19.1 Å². The lowest BCUT2D eigenvalue weighted by molar-refractivity contribution is 0.0618. The number of carbonyl (C=O) groups is 1. The molecule has 1 N–H and O–H groups in total. The van der Waals surface area contributed by atoms with E-state index in [4.69, 9.17) is 11.6 Å². The Morgan fingerprint density at radius 2 is 1.86 bits per heavy atom. The van der Waals surface area contributed by atoms with Gasteiger partial charge in [0.25, 0.3) is 5.91 Å². The van der Waals surface area contributed by atoms with Gasteiger partial charge in [-0.25, -0.2) is 21.6 Å². The third kappa shape index (κ3) is 5.91. The Morgan fingerprint density at radius 3 is 2.45 bits per heavy atom. The lowest BCUT2D eigenvalue weighted by atomic mass is 10.0. The van der Waals surface area contributed by atoms with Gasteiger partial charge in [-0.3, -0.25) is 4.79 Å². The zero-order chi connectivity index (χ0) is 21.8. The second-order valence-electron chi connectivity index (χ2n) is 7.00. The van der Waals surface area contributed by atoms with Crippen LogP contribution < -0.4 is 4.72 Å². The maximum Gasteiger partial charge on any atom is 0.254 e. The molecule has 1 aromatic rings. The van der Waals surface area contributed by atoms with Gasteiger partial charge >= 0.3 is 0 Å². The van der Waals surface area contributed by atoms with Gasteiger partial charge in [0.1, 0.15) is 4.90 Å². The maximum atomic E-state index is 13.1. The molecular formula is C18H28ClN3O5S2. The smallest absolute Gasteiger partial charge is 0.254 e. The van der Waals surface area contributed by atoms with E-state index in [9.17, 15) is 21.6 Å². The molecule has 8 nitrogen and oxygen atoms in total. The number of hydrogen-bond donors (Lipinski definition) is 1. The number of halogens is 1. The van der Waals surface area contributed by atoms with E-state index in [1.807, 2.05) is 0 Å². The molecule has 0 saturated carbocycles.